The highest BCUT2D eigenvalue weighted by Crippen LogP contribution is 2.23. The molecule has 0 saturated carbocycles. The van der Waals surface area contributed by atoms with E-state index in [0.29, 0.717) is 25.2 Å². The molecule has 2 saturated heterocycles. The second-order valence-corrected chi connectivity index (χ2v) is 7.72. The molecule has 30 heavy (non-hydrogen) atoms. The Morgan fingerprint density at radius 3 is 2.70 bits per heavy atom. The van der Waals surface area contributed by atoms with Gasteiger partial charge in [0.2, 0.25) is 5.91 Å². The number of nitrogens with one attached hydrogen (secondary N) is 3. The molecule has 9 heteroatoms. The molecule has 1 unspecified atom stereocenters. The lowest BCUT2D eigenvalue weighted by Gasteiger charge is -2.26. The predicted octanol–water partition coefficient (Wildman–Crippen LogP) is 1.50. The number of halogens is 1. The van der Waals surface area contributed by atoms with E-state index in [9.17, 15) is 9.59 Å². The quantitative estimate of drug-likeness (QED) is 0.295. The molecule has 0 radical (unpaired) electrons. The maximum Gasteiger partial charge on any atom is 0.254 e. The summed E-state index contributed by atoms with van der Waals surface area (Å²) in [5.41, 5.74) is 1.46. The average Bonchev–Trinajstić information content (AvgIpc) is 3.17. The van der Waals surface area contributed by atoms with E-state index in [1.54, 1.807) is 17.0 Å². The molecule has 3 rings (SSSR count). The number of carbonyl (C=O) groups excluding carboxylic acids is 2. The fourth-order valence-electron chi connectivity index (χ4n) is 3.51. The van der Waals surface area contributed by atoms with Gasteiger partial charge in [-0.1, -0.05) is 12.1 Å². The van der Waals surface area contributed by atoms with Gasteiger partial charge in [-0.25, -0.2) is 4.99 Å². The number of rotatable bonds is 6. The van der Waals surface area contributed by atoms with E-state index in [1.807, 2.05) is 19.1 Å². The van der Waals surface area contributed by atoms with Crippen LogP contribution in [-0.2, 0) is 16.1 Å². The van der Waals surface area contributed by atoms with Gasteiger partial charge in [0.05, 0.1) is 18.7 Å². The minimum absolute atomic E-state index is 0. The number of piperazine rings is 1. The number of hydrogen-bond donors (Lipinski definition) is 3. The number of guanidine groups is 1. The summed E-state index contributed by atoms with van der Waals surface area (Å²) >= 11 is 0. The van der Waals surface area contributed by atoms with Crippen molar-refractivity contribution in [3.63, 3.8) is 0 Å². The normalized spacial score (nSPS) is 21.6. The highest BCUT2D eigenvalue weighted by Gasteiger charge is 2.29. The largest absolute Gasteiger partial charge is 0.373 e. The van der Waals surface area contributed by atoms with Crippen molar-refractivity contribution in [3.05, 3.63) is 35.4 Å². The van der Waals surface area contributed by atoms with Crippen molar-refractivity contribution in [2.24, 2.45) is 4.99 Å². The molecule has 2 amide bonds. The summed E-state index contributed by atoms with van der Waals surface area (Å²) in [6, 6.07) is 7.42. The Kier molecular flexibility index (Phi) is 9.35. The van der Waals surface area contributed by atoms with Crippen molar-refractivity contribution in [3.8, 4) is 0 Å². The number of benzene rings is 1. The van der Waals surface area contributed by atoms with Gasteiger partial charge in [0.15, 0.2) is 5.96 Å². The number of amides is 2. The Balaban J connectivity index is 0.00000320. The first-order valence-electron chi connectivity index (χ1n) is 10.3. The third-order valence-corrected chi connectivity index (χ3v) is 5.22. The molecule has 1 aromatic rings. The topological polar surface area (TPSA) is 95.1 Å². The Morgan fingerprint density at radius 1 is 1.30 bits per heavy atom. The summed E-state index contributed by atoms with van der Waals surface area (Å²) < 4.78 is 5.82. The molecule has 8 nitrogen and oxygen atoms in total. The van der Waals surface area contributed by atoms with E-state index in [0.717, 1.165) is 44.1 Å². The Bertz CT molecular complexity index is 748. The van der Waals surface area contributed by atoms with Crippen LogP contribution in [0.3, 0.4) is 0 Å². The smallest absolute Gasteiger partial charge is 0.254 e. The third-order valence-electron chi connectivity index (χ3n) is 5.22. The molecule has 166 valence electrons. The zero-order valence-corrected chi connectivity index (χ0v) is 20.0. The zero-order chi connectivity index (χ0) is 20.7. The summed E-state index contributed by atoms with van der Waals surface area (Å²) in [5.74, 6) is 0.522. The highest BCUT2D eigenvalue weighted by atomic mass is 127. The minimum Gasteiger partial charge on any atom is -0.373 e. The lowest BCUT2D eigenvalue weighted by atomic mass is 10.0. The molecular weight excluding hydrogens is 497 g/mol. The average molecular weight is 529 g/mol. The molecule has 2 aliphatic rings. The second kappa shape index (κ2) is 11.5. The minimum atomic E-state index is -0.135. The first-order chi connectivity index (χ1) is 14.0. The number of hydrogen-bond acceptors (Lipinski definition) is 4. The fourth-order valence-corrected chi connectivity index (χ4v) is 3.51. The van der Waals surface area contributed by atoms with Gasteiger partial charge in [-0.3, -0.25) is 9.59 Å². The van der Waals surface area contributed by atoms with Crippen LogP contribution in [-0.4, -0.2) is 67.6 Å². The molecule has 0 bridgehead atoms. The molecule has 0 aliphatic carbocycles. The van der Waals surface area contributed by atoms with Gasteiger partial charge in [-0.15, -0.1) is 24.0 Å². The highest BCUT2D eigenvalue weighted by molar-refractivity contribution is 14.0. The van der Waals surface area contributed by atoms with E-state index in [4.69, 9.17) is 4.74 Å². The van der Waals surface area contributed by atoms with Gasteiger partial charge >= 0.3 is 0 Å². The summed E-state index contributed by atoms with van der Waals surface area (Å²) in [7, 11) is 0. The maximum absolute atomic E-state index is 12.5. The van der Waals surface area contributed by atoms with E-state index in [-0.39, 0.29) is 47.9 Å². The van der Waals surface area contributed by atoms with Crippen LogP contribution in [0, 0.1) is 0 Å². The third kappa shape index (κ3) is 6.83. The van der Waals surface area contributed by atoms with Crippen LogP contribution < -0.4 is 16.0 Å². The molecule has 1 atom stereocenters. The van der Waals surface area contributed by atoms with Crippen molar-refractivity contribution < 1.29 is 14.3 Å². The SMILES string of the molecule is CCNC(=NCc1ccc(C(=O)N2CCNC(=O)C2)cc1)NCC1(C)CCCO1.I. The molecule has 0 spiro atoms. The number of nitrogens with zero attached hydrogens (tertiary/aromatic N) is 2. The van der Waals surface area contributed by atoms with E-state index in [2.05, 4.69) is 27.9 Å². The van der Waals surface area contributed by atoms with E-state index < -0.39 is 0 Å². The van der Waals surface area contributed by atoms with Crippen LogP contribution in [0.15, 0.2) is 29.3 Å². The maximum atomic E-state index is 12.5. The van der Waals surface area contributed by atoms with Gasteiger partial charge in [0.25, 0.3) is 5.91 Å². The van der Waals surface area contributed by atoms with Gasteiger partial charge in [-0.05, 0) is 44.4 Å². The van der Waals surface area contributed by atoms with Crippen LogP contribution in [0.4, 0.5) is 0 Å². The van der Waals surface area contributed by atoms with Crippen molar-refractivity contribution in [2.45, 2.75) is 38.8 Å². The molecule has 1 aromatic carbocycles. The Morgan fingerprint density at radius 2 is 2.07 bits per heavy atom. The monoisotopic (exact) mass is 529 g/mol. The van der Waals surface area contributed by atoms with Crippen LogP contribution >= 0.6 is 24.0 Å². The summed E-state index contributed by atoms with van der Waals surface area (Å²) in [5, 5.41) is 9.35. The standard InChI is InChI=1S/C21H31N5O3.HI/c1-3-22-20(25-15-21(2)9-4-12-29-21)24-13-16-5-7-17(8-6-16)19(28)26-11-10-23-18(27)14-26;/h5-8H,3-4,9-15H2,1-2H3,(H,23,27)(H2,22,24,25);1H. The predicted molar refractivity (Wildman–Crippen MR) is 127 cm³/mol. The van der Waals surface area contributed by atoms with Crippen molar-refractivity contribution in [2.75, 3.05) is 39.3 Å². The Hall–Kier alpha value is -1.88. The molecule has 3 N–H and O–H groups in total. The Labute approximate surface area is 195 Å². The first kappa shape index (κ1) is 24.4. The van der Waals surface area contributed by atoms with Crippen molar-refractivity contribution >= 4 is 41.8 Å². The van der Waals surface area contributed by atoms with E-state index >= 15 is 0 Å². The number of aliphatic imine (C=N–C) groups is 1. The van der Waals surface area contributed by atoms with Gasteiger partial charge < -0.3 is 25.6 Å². The lowest BCUT2D eigenvalue weighted by molar-refractivity contribution is -0.123. The molecular formula is C21H32IN5O3. The van der Waals surface area contributed by atoms with Crippen molar-refractivity contribution in [1.29, 1.82) is 0 Å². The van der Waals surface area contributed by atoms with Crippen LogP contribution in [0.2, 0.25) is 0 Å². The van der Waals surface area contributed by atoms with E-state index in [1.165, 1.54) is 0 Å². The van der Waals surface area contributed by atoms with Crippen LogP contribution in [0.25, 0.3) is 0 Å². The summed E-state index contributed by atoms with van der Waals surface area (Å²) in [6.07, 6.45) is 2.15. The summed E-state index contributed by atoms with van der Waals surface area (Å²) in [6.45, 7) is 8.14. The molecule has 0 aromatic heterocycles. The van der Waals surface area contributed by atoms with Crippen LogP contribution in [0.5, 0.6) is 0 Å². The van der Waals surface area contributed by atoms with Gasteiger partial charge in [0.1, 0.15) is 0 Å². The molecule has 2 heterocycles. The van der Waals surface area contributed by atoms with Crippen LogP contribution in [0.1, 0.15) is 42.6 Å². The fraction of sp³-hybridized carbons (Fsp3) is 0.571. The van der Waals surface area contributed by atoms with Gasteiger partial charge in [0, 0.05) is 38.3 Å². The first-order valence-corrected chi connectivity index (χ1v) is 10.3. The molecule has 2 aliphatic heterocycles. The number of ether oxygens (including phenoxy) is 1. The number of carbonyl (C=O) groups is 2. The van der Waals surface area contributed by atoms with Crippen molar-refractivity contribution in [1.82, 2.24) is 20.9 Å². The summed E-state index contributed by atoms with van der Waals surface area (Å²) in [4.78, 5) is 30.2. The molecule has 2 fully saturated rings. The second-order valence-electron chi connectivity index (χ2n) is 7.72. The lowest BCUT2D eigenvalue weighted by Crippen LogP contribution is -2.49. The zero-order valence-electron chi connectivity index (χ0n) is 17.7. The van der Waals surface area contributed by atoms with Gasteiger partial charge in [-0.2, -0.15) is 0 Å².